The van der Waals surface area contributed by atoms with E-state index in [1.54, 1.807) is 24.3 Å². The molecule has 9 heteroatoms. The third-order valence-corrected chi connectivity index (χ3v) is 3.72. The summed E-state index contributed by atoms with van der Waals surface area (Å²) in [5.41, 5.74) is 0.608. The van der Waals surface area contributed by atoms with Crippen molar-refractivity contribution in [3.63, 3.8) is 0 Å². The van der Waals surface area contributed by atoms with Crippen LogP contribution in [0, 0.1) is 10.1 Å². The zero-order chi connectivity index (χ0) is 17.6. The van der Waals surface area contributed by atoms with Crippen molar-refractivity contribution in [1.29, 1.82) is 0 Å². The first-order valence-corrected chi connectivity index (χ1v) is 7.92. The first-order chi connectivity index (χ1) is 12.1. The van der Waals surface area contributed by atoms with Gasteiger partial charge in [0.2, 0.25) is 5.91 Å². The maximum absolute atomic E-state index is 12.0. The number of rotatable bonds is 7. The molecule has 2 aromatic rings. The fourth-order valence-electron chi connectivity index (χ4n) is 2.48. The van der Waals surface area contributed by atoms with Gasteiger partial charge < -0.3 is 24.9 Å². The van der Waals surface area contributed by atoms with Gasteiger partial charge in [0.05, 0.1) is 23.5 Å². The second-order valence-corrected chi connectivity index (χ2v) is 5.65. The number of hydrogen-bond acceptors (Lipinski definition) is 6. The molecule has 3 rings (SSSR count). The summed E-state index contributed by atoms with van der Waals surface area (Å²) < 4.78 is 12.4. The van der Waals surface area contributed by atoms with E-state index in [0.717, 1.165) is 19.4 Å². The Morgan fingerprint density at radius 3 is 2.84 bits per heavy atom. The number of hydrogen-bond donors (Lipinski definition) is 1. The molecule has 0 saturated carbocycles. The van der Waals surface area contributed by atoms with Crippen molar-refractivity contribution >= 4 is 17.4 Å². The Morgan fingerprint density at radius 1 is 1.40 bits per heavy atom. The minimum Gasteiger partial charge on any atom is -0.491 e. The summed E-state index contributed by atoms with van der Waals surface area (Å²) in [4.78, 5) is 21.9. The average molecular weight is 346 g/mol. The van der Waals surface area contributed by atoms with Crippen molar-refractivity contribution in [3.8, 4) is 5.75 Å². The van der Waals surface area contributed by atoms with E-state index in [1.807, 2.05) is 0 Å². The lowest BCUT2D eigenvalue weighted by atomic mass is 10.2. The smallest absolute Gasteiger partial charge is 0.389 e. The Balaban J connectivity index is 1.48. The summed E-state index contributed by atoms with van der Waals surface area (Å²) >= 11 is 0. The van der Waals surface area contributed by atoms with Gasteiger partial charge in [-0.2, -0.15) is 4.68 Å². The van der Waals surface area contributed by atoms with Gasteiger partial charge in [-0.05, 0) is 42.0 Å². The number of ether oxygens (including phenoxy) is 2. The molecule has 0 radical (unpaired) electrons. The highest BCUT2D eigenvalue weighted by Crippen LogP contribution is 2.18. The number of carbonyl (C=O) groups is 1. The zero-order valence-corrected chi connectivity index (χ0v) is 13.5. The van der Waals surface area contributed by atoms with Gasteiger partial charge in [0.1, 0.15) is 18.9 Å². The highest BCUT2D eigenvalue weighted by Gasteiger charge is 2.16. The van der Waals surface area contributed by atoms with E-state index in [4.69, 9.17) is 9.47 Å². The van der Waals surface area contributed by atoms with Gasteiger partial charge in [0.15, 0.2) is 0 Å². The van der Waals surface area contributed by atoms with Gasteiger partial charge in [-0.1, -0.05) is 0 Å². The Hall–Kier alpha value is -2.94. The summed E-state index contributed by atoms with van der Waals surface area (Å²) in [6, 6.07) is 8.24. The highest BCUT2D eigenvalue weighted by molar-refractivity contribution is 5.90. The molecule has 0 spiro atoms. The number of nitrogens with zero attached hydrogens (tertiary/aromatic N) is 3. The molecule has 132 valence electrons. The summed E-state index contributed by atoms with van der Waals surface area (Å²) in [5.74, 6) is 0.0859. The van der Waals surface area contributed by atoms with E-state index < -0.39 is 4.92 Å². The van der Waals surface area contributed by atoms with Gasteiger partial charge >= 0.3 is 5.82 Å². The van der Waals surface area contributed by atoms with Gasteiger partial charge in [0.25, 0.3) is 0 Å². The van der Waals surface area contributed by atoms with Gasteiger partial charge in [-0.25, -0.2) is 0 Å². The molecule has 1 saturated heterocycles. The van der Waals surface area contributed by atoms with E-state index in [1.165, 1.54) is 16.9 Å². The Bertz CT molecular complexity index is 737. The molecular weight excluding hydrogens is 328 g/mol. The van der Waals surface area contributed by atoms with Gasteiger partial charge in [-0.15, -0.1) is 0 Å². The first-order valence-electron chi connectivity index (χ1n) is 7.92. The van der Waals surface area contributed by atoms with E-state index in [2.05, 4.69) is 10.4 Å². The van der Waals surface area contributed by atoms with Crippen LogP contribution < -0.4 is 10.1 Å². The average Bonchev–Trinajstić information content (AvgIpc) is 3.26. The summed E-state index contributed by atoms with van der Waals surface area (Å²) in [6.07, 6.45) is 3.62. The largest absolute Gasteiger partial charge is 0.491 e. The molecule has 1 atom stereocenters. The van der Waals surface area contributed by atoms with Crippen LogP contribution in [0.15, 0.2) is 36.5 Å². The predicted octanol–water partition coefficient (Wildman–Crippen LogP) is 1.99. The molecule has 1 N–H and O–H groups in total. The quantitative estimate of drug-likeness (QED) is 0.606. The van der Waals surface area contributed by atoms with Crippen LogP contribution in [-0.4, -0.2) is 39.9 Å². The molecule has 1 aliphatic rings. The minimum atomic E-state index is -0.607. The lowest BCUT2D eigenvalue weighted by Gasteiger charge is -2.12. The first kappa shape index (κ1) is 16.9. The van der Waals surface area contributed by atoms with E-state index >= 15 is 0 Å². The van der Waals surface area contributed by atoms with Crippen LogP contribution >= 0.6 is 0 Å². The van der Waals surface area contributed by atoms with Crippen LogP contribution in [0.2, 0.25) is 0 Å². The van der Waals surface area contributed by atoms with Crippen molar-refractivity contribution < 1.29 is 19.2 Å². The van der Waals surface area contributed by atoms with E-state index in [9.17, 15) is 14.9 Å². The second-order valence-electron chi connectivity index (χ2n) is 5.65. The predicted molar refractivity (Wildman–Crippen MR) is 88.4 cm³/mol. The van der Waals surface area contributed by atoms with Crippen LogP contribution in [0.3, 0.4) is 0 Å². The highest BCUT2D eigenvalue weighted by atomic mass is 16.6. The Labute approximate surface area is 143 Å². The van der Waals surface area contributed by atoms with Gasteiger partial charge in [0, 0.05) is 12.3 Å². The topological polar surface area (TPSA) is 109 Å². The number of nitrogens with one attached hydrogen (secondary N) is 1. The lowest BCUT2D eigenvalue weighted by molar-refractivity contribution is -0.389. The number of carbonyl (C=O) groups excluding carboxylic acids is 1. The molecule has 1 aromatic heterocycles. The molecule has 1 amide bonds. The number of nitro groups is 1. The number of aromatic nitrogens is 2. The number of amides is 1. The van der Waals surface area contributed by atoms with Crippen molar-refractivity contribution in [2.75, 3.05) is 18.5 Å². The third-order valence-electron chi connectivity index (χ3n) is 3.72. The van der Waals surface area contributed by atoms with Crippen LogP contribution in [0.25, 0.3) is 0 Å². The molecule has 0 aliphatic carbocycles. The Kier molecular flexibility index (Phi) is 5.24. The van der Waals surface area contributed by atoms with Crippen molar-refractivity contribution in [2.24, 2.45) is 0 Å². The lowest BCUT2D eigenvalue weighted by Crippen LogP contribution is -2.19. The number of anilines is 1. The zero-order valence-electron chi connectivity index (χ0n) is 13.5. The minimum absolute atomic E-state index is 0.106. The monoisotopic (exact) mass is 346 g/mol. The van der Waals surface area contributed by atoms with E-state index in [0.29, 0.717) is 18.0 Å². The maximum atomic E-state index is 12.0. The second kappa shape index (κ2) is 7.75. The fraction of sp³-hybridized carbons (Fsp3) is 0.375. The maximum Gasteiger partial charge on any atom is 0.389 e. The molecule has 25 heavy (non-hydrogen) atoms. The van der Waals surface area contributed by atoms with Crippen molar-refractivity contribution in [2.45, 2.75) is 25.5 Å². The molecule has 1 aliphatic heterocycles. The molecule has 0 bridgehead atoms. The van der Waals surface area contributed by atoms with Crippen LogP contribution in [0.4, 0.5) is 11.5 Å². The summed E-state index contributed by atoms with van der Waals surface area (Å²) in [5, 5.41) is 17.0. The molecule has 1 fully saturated rings. The number of benzene rings is 1. The molecule has 1 aromatic carbocycles. The fourth-order valence-corrected chi connectivity index (χ4v) is 2.48. The van der Waals surface area contributed by atoms with Gasteiger partial charge in [-0.3, -0.25) is 4.79 Å². The normalized spacial score (nSPS) is 16.6. The SMILES string of the molecule is O=C(Cn1ccc([N+](=O)[O-])n1)Nc1ccc(OCC2CCCO2)cc1. The molecule has 2 heterocycles. The van der Waals surface area contributed by atoms with Crippen LogP contribution in [0.5, 0.6) is 5.75 Å². The van der Waals surface area contributed by atoms with Crippen molar-refractivity contribution in [3.05, 3.63) is 46.6 Å². The standard InChI is InChI=1S/C16H18N4O5/c21-16(10-19-8-7-15(18-19)20(22)23)17-12-3-5-13(6-4-12)25-11-14-2-1-9-24-14/h3-8,14H,1-2,9-11H2,(H,17,21). The Morgan fingerprint density at radius 2 is 2.20 bits per heavy atom. The summed E-state index contributed by atoms with van der Waals surface area (Å²) in [7, 11) is 0. The van der Waals surface area contributed by atoms with Crippen LogP contribution in [0.1, 0.15) is 12.8 Å². The van der Waals surface area contributed by atoms with E-state index in [-0.39, 0.29) is 24.4 Å². The van der Waals surface area contributed by atoms with Crippen LogP contribution in [-0.2, 0) is 16.1 Å². The molecule has 1 unspecified atom stereocenters. The van der Waals surface area contributed by atoms with Crippen molar-refractivity contribution in [1.82, 2.24) is 9.78 Å². The summed E-state index contributed by atoms with van der Waals surface area (Å²) in [6.45, 7) is 1.20. The molecule has 9 nitrogen and oxygen atoms in total. The third kappa shape index (κ3) is 4.77. The molecular formula is C16H18N4O5.